The number of benzene rings is 1. The number of hydrogen-bond donors (Lipinski definition) is 0. The average Bonchev–Trinajstić information content (AvgIpc) is 2.68. The standard InChI is InChI=1S/C27H38O4/c1-7-9-10-21(22(8-2)25(30)12-17(4)28)13-20-14-24-23(19(6)29)11-16(3)18(5)27(24)26(31)15-20/h11,20-22H,7-10,12-15H2,1-6H3. The third-order valence-electron chi connectivity index (χ3n) is 6.99. The van der Waals surface area contributed by atoms with Gasteiger partial charge < -0.3 is 0 Å². The third kappa shape index (κ3) is 5.99. The van der Waals surface area contributed by atoms with Crippen LogP contribution in [0.5, 0.6) is 0 Å². The number of rotatable bonds is 11. The predicted molar refractivity (Wildman–Crippen MR) is 124 cm³/mol. The zero-order valence-electron chi connectivity index (χ0n) is 20.1. The van der Waals surface area contributed by atoms with E-state index in [2.05, 4.69) is 6.92 Å². The van der Waals surface area contributed by atoms with E-state index in [0.29, 0.717) is 18.4 Å². The predicted octanol–water partition coefficient (Wildman–Crippen LogP) is 6.02. The lowest BCUT2D eigenvalue weighted by Crippen LogP contribution is -2.30. The molecule has 0 heterocycles. The number of ketones is 4. The van der Waals surface area contributed by atoms with Crippen LogP contribution in [0, 0.1) is 31.6 Å². The van der Waals surface area contributed by atoms with Crippen LogP contribution >= 0.6 is 0 Å². The molecule has 4 heteroatoms. The molecule has 2 rings (SSSR count). The third-order valence-corrected chi connectivity index (χ3v) is 6.99. The maximum atomic E-state index is 13.1. The van der Waals surface area contributed by atoms with Crippen molar-refractivity contribution in [1.82, 2.24) is 0 Å². The lowest BCUT2D eigenvalue weighted by atomic mass is 9.70. The van der Waals surface area contributed by atoms with Crippen LogP contribution in [0.15, 0.2) is 6.07 Å². The summed E-state index contributed by atoms with van der Waals surface area (Å²) >= 11 is 0. The quantitative estimate of drug-likeness (QED) is 0.320. The molecule has 0 saturated heterocycles. The number of unbranched alkanes of at least 4 members (excludes halogenated alkanes) is 1. The molecule has 1 aliphatic carbocycles. The zero-order valence-corrected chi connectivity index (χ0v) is 20.1. The monoisotopic (exact) mass is 426 g/mol. The largest absolute Gasteiger partial charge is 0.300 e. The molecule has 0 N–H and O–H groups in total. The molecule has 0 aliphatic heterocycles. The Bertz CT molecular complexity index is 864. The molecule has 0 amide bonds. The van der Waals surface area contributed by atoms with Gasteiger partial charge in [0.25, 0.3) is 0 Å². The Labute approximate surface area is 187 Å². The summed E-state index contributed by atoms with van der Waals surface area (Å²) in [5.74, 6) is 0.223. The fourth-order valence-corrected chi connectivity index (χ4v) is 5.34. The zero-order chi connectivity index (χ0) is 23.3. The maximum absolute atomic E-state index is 13.1. The van der Waals surface area contributed by atoms with Crippen LogP contribution in [-0.4, -0.2) is 23.1 Å². The number of aryl methyl sites for hydroxylation is 1. The Morgan fingerprint density at radius 3 is 2.32 bits per heavy atom. The SMILES string of the molecule is CCCCC(CC1CC(=O)c2c(C)c(C)cc(C(C)=O)c2C1)C(CC)C(=O)CC(C)=O. The van der Waals surface area contributed by atoms with Crippen molar-refractivity contribution < 1.29 is 19.2 Å². The highest BCUT2D eigenvalue weighted by Gasteiger charge is 2.34. The first-order valence-corrected chi connectivity index (χ1v) is 11.8. The average molecular weight is 427 g/mol. The van der Waals surface area contributed by atoms with Gasteiger partial charge >= 0.3 is 0 Å². The van der Waals surface area contributed by atoms with E-state index in [4.69, 9.17) is 0 Å². The highest BCUT2D eigenvalue weighted by atomic mass is 16.1. The molecule has 0 fully saturated rings. The minimum absolute atomic E-state index is 0.000514. The molecule has 3 atom stereocenters. The van der Waals surface area contributed by atoms with Crippen LogP contribution < -0.4 is 0 Å². The van der Waals surface area contributed by atoms with Crippen molar-refractivity contribution in [3.05, 3.63) is 33.9 Å². The number of carbonyl (C=O) groups excluding carboxylic acids is 4. The van der Waals surface area contributed by atoms with E-state index in [1.807, 2.05) is 26.8 Å². The molecule has 3 unspecified atom stereocenters. The molecular weight excluding hydrogens is 388 g/mol. The van der Waals surface area contributed by atoms with E-state index in [1.54, 1.807) is 6.92 Å². The second kappa shape index (κ2) is 11.0. The van der Waals surface area contributed by atoms with E-state index >= 15 is 0 Å². The van der Waals surface area contributed by atoms with Crippen molar-refractivity contribution in [3.63, 3.8) is 0 Å². The van der Waals surface area contributed by atoms with E-state index in [0.717, 1.165) is 54.4 Å². The molecule has 1 aromatic carbocycles. The van der Waals surface area contributed by atoms with Crippen LogP contribution in [-0.2, 0) is 16.0 Å². The van der Waals surface area contributed by atoms with Crippen LogP contribution in [0.1, 0.15) is 110 Å². The molecule has 0 bridgehead atoms. The van der Waals surface area contributed by atoms with Gasteiger partial charge in [-0.1, -0.05) is 26.7 Å². The highest BCUT2D eigenvalue weighted by Crippen LogP contribution is 2.38. The van der Waals surface area contributed by atoms with Gasteiger partial charge in [-0.3, -0.25) is 19.2 Å². The summed E-state index contributed by atoms with van der Waals surface area (Å²) in [4.78, 5) is 49.8. The minimum atomic E-state index is -0.140. The first-order chi connectivity index (χ1) is 14.6. The van der Waals surface area contributed by atoms with Gasteiger partial charge in [-0.25, -0.2) is 0 Å². The fraction of sp³-hybridized carbons (Fsp3) is 0.630. The van der Waals surface area contributed by atoms with Gasteiger partial charge in [0.05, 0.1) is 6.42 Å². The summed E-state index contributed by atoms with van der Waals surface area (Å²) in [6.45, 7) is 11.1. The molecule has 4 nitrogen and oxygen atoms in total. The fourth-order valence-electron chi connectivity index (χ4n) is 5.34. The summed E-state index contributed by atoms with van der Waals surface area (Å²) in [7, 11) is 0. The number of hydrogen-bond acceptors (Lipinski definition) is 4. The molecule has 1 aromatic rings. The highest BCUT2D eigenvalue weighted by molar-refractivity contribution is 6.05. The number of Topliss-reactive ketones (excluding diaryl/α,β-unsaturated/α-hetero) is 4. The first kappa shape index (κ1) is 25.2. The van der Waals surface area contributed by atoms with Crippen molar-refractivity contribution in [2.24, 2.45) is 17.8 Å². The van der Waals surface area contributed by atoms with Gasteiger partial charge in [0, 0.05) is 23.5 Å². The second-order valence-corrected chi connectivity index (χ2v) is 9.47. The molecule has 1 aliphatic rings. The van der Waals surface area contributed by atoms with E-state index in [-0.39, 0.29) is 47.3 Å². The Balaban J connectivity index is 2.34. The maximum Gasteiger partial charge on any atom is 0.163 e. The minimum Gasteiger partial charge on any atom is -0.300 e. The summed E-state index contributed by atoms with van der Waals surface area (Å²) in [6.07, 6.45) is 5.69. The second-order valence-electron chi connectivity index (χ2n) is 9.47. The summed E-state index contributed by atoms with van der Waals surface area (Å²) in [5.41, 5.74) is 4.27. The van der Waals surface area contributed by atoms with Crippen molar-refractivity contribution in [3.8, 4) is 0 Å². The Morgan fingerprint density at radius 1 is 1.10 bits per heavy atom. The van der Waals surface area contributed by atoms with Gasteiger partial charge in [0.1, 0.15) is 11.6 Å². The summed E-state index contributed by atoms with van der Waals surface area (Å²) in [6, 6.07) is 1.92. The Hall–Kier alpha value is -2.10. The topological polar surface area (TPSA) is 68.3 Å². The first-order valence-electron chi connectivity index (χ1n) is 11.8. The van der Waals surface area contributed by atoms with Gasteiger partial charge in [-0.05, 0) is 88.0 Å². The van der Waals surface area contributed by atoms with Crippen molar-refractivity contribution >= 4 is 23.1 Å². The van der Waals surface area contributed by atoms with Crippen LogP contribution in [0.4, 0.5) is 0 Å². The summed E-state index contributed by atoms with van der Waals surface area (Å²) in [5, 5.41) is 0. The van der Waals surface area contributed by atoms with E-state index in [1.165, 1.54) is 6.92 Å². The van der Waals surface area contributed by atoms with Crippen LogP contribution in [0.3, 0.4) is 0 Å². The number of carbonyl (C=O) groups is 4. The molecule has 0 aromatic heterocycles. The summed E-state index contributed by atoms with van der Waals surface area (Å²) < 4.78 is 0. The van der Waals surface area contributed by atoms with Crippen molar-refractivity contribution in [2.75, 3.05) is 0 Å². The number of fused-ring (bicyclic) bond motifs is 1. The molecule has 0 radical (unpaired) electrons. The van der Waals surface area contributed by atoms with Crippen molar-refractivity contribution in [2.45, 2.75) is 92.9 Å². The van der Waals surface area contributed by atoms with Crippen LogP contribution in [0.25, 0.3) is 0 Å². The smallest absolute Gasteiger partial charge is 0.163 e. The van der Waals surface area contributed by atoms with Gasteiger partial charge in [0.15, 0.2) is 11.6 Å². The van der Waals surface area contributed by atoms with Crippen molar-refractivity contribution in [1.29, 1.82) is 0 Å². The van der Waals surface area contributed by atoms with E-state index < -0.39 is 0 Å². The molecule has 170 valence electrons. The normalized spacial score (nSPS) is 17.7. The van der Waals surface area contributed by atoms with Gasteiger partial charge in [0.2, 0.25) is 0 Å². The van der Waals surface area contributed by atoms with E-state index in [9.17, 15) is 19.2 Å². The molecular formula is C27H38O4. The Kier molecular flexibility index (Phi) is 8.90. The van der Waals surface area contributed by atoms with Gasteiger partial charge in [-0.15, -0.1) is 0 Å². The lowest BCUT2D eigenvalue weighted by Gasteiger charge is -2.32. The Morgan fingerprint density at radius 2 is 1.77 bits per heavy atom. The lowest BCUT2D eigenvalue weighted by molar-refractivity contribution is -0.129. The molecule has 0 spiro atoms. The molecule has 0 saturated carbocycles. The van der Waals surface area contributed by atoms with Crippen LogP contribution in [0.2, 0.25) is 0 Å². The van der Waals surface area contributed by atoms with Gasteiger partial charge in [-0.2, -0.15) is 0 Å². The molecule has 31 heavy (non-hydrogen) atoms.